The van der Waals surface area contributed by atoms with Crippen LogP contribution < -0.4 is 5.32 Å². The van der Waals surface area contributed by atoms with Gasteiger partial charge in [-0.1, -0.05) is 62.4 Å². The average molecular weight is 414 g/mol. The molecule has 29 heavy (non-hydrogen) atoms. The number of carboxylic acid groups (broad SMARTS) is 1. The molecule has 2 aromatic carbocycles. The summed E-state index contributed by atoms with van der Waals surface area (Å²) in [6, 6.07) is 16.4. The third-order valence-electron chi connectivity index (χ3n) is 5.00. The highest BCUT2D eigenvalue weighted by Gasteiger charge is 2.29. The maximum absolute atomic E-state index is 12.1. The Morgan fingerprint density at radius 3 is 2.21 bits per heavy atom. The van der Waals surface area contributed by atoms with E-state index in [1.165, 1.54) is 34.0 Å². The Kier molecular flexibility index (Phi) is 7.20. The number of aliphatic carboxylic acids is 1. The number of carboxylic acids is 1. The lowest BCUT2D eigenvalue weighted by Gasteiger charge is -2.16. The minimum Gasteiger partial charge on any atom is -0.480 e. The van der Waals surface area contributed by atoms with Crippen LogP contribution in [0.15, 0.2) is 48.5 Å². The van der Waals surface area contributed by atoms with Gasteiger partial charge in [0.25, 0.3) is 0 Å². The molecule has 2 aromatic rings. The first kappa shape index (κ1) is 21.2. The Labute approximate surface area is 175 Å². The van der Waals surface area contributed by atoms with Gasteiger partial charge < -0.3 is 15.2 Å². The summed E-state index contributed by atoms with van der Waals surface area (Å²) in [5, 5.41) is 11.5. The molecule has 1 aliphatic rings. The molecule has 1 aliphatic carbocycles. The Morgan fingerprint density at radius 1 is 1.07 bits per heavy atom. The average Bonchev–Trinajstić information content (AvgIpc) is 3.02. The number of ether oxygens (including phenoxy) is 1. The summed E-state index contributed by atoms with van der Waals surface area (Å²) in [4.78, 5) is 23.4. The molecule has 0 bridgehead atoms. The number of carbonyl (C=O) groups is 2. The monoisotopic (exact) mass is 413 g/mol. The first-order valence-corrected chi connectivity index (χ1v) is 11.0. The molecule has 154 valence electrons. The highest BCUT2D eigenvalue weighted by atomic mass is 32.2. The molecule has 6 heteroatoms. The lowest BCUT2D eigenvalue weighted by molar-refractivity contribution is -0.136. The van der Waals surface area contributed by atoms with Gasteiger partial charge in [0.1, 0.15) is 11.9 Å². The fraction of sp³-hybridized carbons (Fsp3) is 0.391. The smallest absolute Gasteiger partial charge is 0.407 e. The van der Waals surface area contributed by atoms with Crippen LogP contribution in [0.4, 0.5) is 4.79 Å². The van der Waals surface area contributed by atoms with Crippen LogP contribution in [0.5, 0.6) is 0 Å². The number of hydrogen-bond donors (Lipinski definition) is 2. The largest absolute Gasteiger partial charge is 0.480 e. The van der Waals surface area contributed by atoms with E-state index in [0.717, 1.165) is 0 Å². The number of fused-ring (bicyclic) bond motifs is 3. The van der Waals surface area contributed by atoms with Crippen LogP contribution in [-0.4, -0.2) is 41.3 Å². The van der Waals surface area contributed by atoms with Crippen molar-refractivity contribution in [3.63, 3.8) is 0 Å². The number of nitrogens with one attached hydrogen (secondary N) is 1. The van der Waals surface area contributed by atoms with E-state index in [-0.39, 0.29) is 12.5 Å². The van der Waals surface area contributed by atoms with Gasteiger partial charge in [-0.3, -0.25) is 4.79 Å². The Bertz CT molecular complexity index is 822. The molecule has 3 rings (SSSR count). The lowest BCUT2D eigenvalue weighted by Crippen LogP contribution is -2.29. The van der Waals surface area contributed by atoms with Gasteiger partial charge in [0, 0.05) is 18.2 Å². The van der Waals surface area contributed by atoms with Gasteiger partial charge in [-0.15, -0.1) is 11.8 Å². The normalized spacial score (nSPS) is 13.6. The summed E-state index contributed by atoms with van der Waals surface area (Å²) in [6.45, 7) is 4.66. The van der Waals surface area contributed by atoms with Crippen LogP contribution in [0.1, 0.15) is 37.3 Å². The highest BCUT2D eigenvalue weighted by Crippen LogP contribution is 2.44. The molecule has 0 unspecified atom stereocenters. The van der Waals surface area contributed by atoms with Crippen LogP contribution in [0.25, 0.3) is 11.1 Å². The summed E-state index contributed by atoms with van der Waals surface area (Å²) < 4.78 is 5.48. The van der Waals surface area contributed by atoms with Gasteiger partial charge in [0.15, 0.2) is 0 Å². The molecule has 0 aliphatic heterocycles. The summed E-state index contributed by atoms with van der Waals surface area (Å²) in [5.41, 5.74) is 4.74. The van der Waals surface area contributed by atoms with Crippen LogP contribution in [0.3, 0.4) is 0 Å². The van der Waals surface area contributed by atoms with Gasteiger partial charge in [0.2, 0.25) is 0 Å². The van der Waals surface area contributed by atoms with E-state index in [0.29, 0.717) is 24.6 Å². The Balaban J connectivity index is 1.48. The van der Waals surface area contributed by atoms with Crippen molar-refractivity contribution < 1.29 is 19.4 Å². The summed E-state index contributed by atoms with van der Waals surface area (Å²) in [7, 11) is 0. The molecule has 0 aromatic heterocycles. The second-order valence-corrected chi connectivity index (χ2v) is 8.89. The SMILES string of the molecule is CC(C)C[C@H](SCCNC(=O)OCC1c2ccccc2-c2ccccc21)C(=O)O. The number of amides is 1. The molecule has 0 saturated carbocycles. The van der Waals surface area contributed by atoms with Gasteiger partial charge >= 0.3 is 12.1 Å². The van der Waals surface area contributed by atoms with E-state index >= 15 is 0 Å². The second-order valence-electron chi connectivity index (χ2n) is 7.58. The topological polar surface area (TPSA) is 75.6 Å². The van der Waals surface area contributed by atoms with E-state index in [1.807, 2.05) is 38.1 Å². The molecule has 5 nitrogen and oxygen atoms in total. The molecule has 1 atom stereocenters. The predicted octanol–water partition coefficient (Wildman–Crippen LogP) is 4.76. The van der Waals surface area contributed by atoms with E-state index < -0.39 is 17.3 Å². The van der Waals surface area contributed by atoms with Crippen LogP contribution in [-0.2, 0) is 9.53 Å². The molecule has 0 radical (unpaired) electrons. The predicted molar refractivity (Wildman–Crippen MR) is 116 cm³/mol. The third-order valence-corrected chi connectivity index (χ3v) is 6.23. The summed E-state index contributed by atoms with van der Waals surface area (Å²) in [5.74, 6) is 0.0851. The number of alkyl carbamates (subject to hydrolysis) is 1. The van der Waals surface area contributed by atoms with E-state index in [2.05, 4.69) is 29.6 Å². The first-order valence-electron chi connectivity index (χ1n) is 9.90. The van der Waals surface area contributed by atoms with E-state index in [1.54, 1.807) is 0 Å². The van der Waals surface area contributed by atoms with Gasteiger partial charge in [-0.25, -0.2) is 4.79 Å². The van der Waals surface area contributed by atoms with Gasteiger partial charge in [-0.2, -0.15) is 0 Å². The van der Waals surface area contributed by atoms with Gasteiger partial charge in [0.05, 0.1) is 0 Å². The van der Waals surface area contributed by atoms with Crippen molar-refractivity contribution in [1.29, 1.82) is 0 Å². The number of rotatable bonds is 9. The second kappa shape index (κ2) is 9.83. The molecule has 2 N–H and O–H groups in total. The minimum atomic E-state index is -0.801. The molecule has 0 spiro atoms. The standard InChI is InChI=1S/C23H27NO4S/c1-15(2)13-21(22(25)26)29-12-11-24-23(27)28-14-20-18-9-5-3-7-16(18)17-8-4-6-10-19(17)20/h3-10,15,20-21H,11-14H2,1-2H3,(H,24,27)(H,25,26)/t21-/m0/s1. The Hall–Kier alpha value is -2.47. The number of hydrogen-bond acceptors (Lipinski definition) is 4. The number of thioether (sulfide) groups is 1. The first-order chi connectivity index (χ1) is 14.0. The maximum Gasteiger partial charge on any atom is 0.407 e. The van der Waals surface area contributed by atoms with Crippen molar-refractivity contribution >= 4 is 23.8 Å². The van der Waals surface area contributed by atoms with Crippen LogP contribution in [0, 0.1) is 5.92 Å². The molecule has 0 saturated heterocycles. The fourth-order valence-electron chi connectivity index (χ4n) is 3.67. The number of benzene rings is 2. The molecular formula is C23H27NO4S. The van der Waals surface area contributed by atoms with Crippen molar-refractivity contribution in [3.05, 3.63) is 59.7 Å². The zero-order chi connectivity index (χ0) is 20.8. The lowest BCUT2D eigenvalue weighted by atomic mass is 9.98. The van der Waals surface area contributed by atoms with Crippen molar-refractivity contribution in [2.45, 2.75) is 31.4 Å². The van der Waals surface area contributed by atoms with Crippen molar-refractivity contribution in [1.82, 2.24) is 5.32 Å². The molecule has 0 heterocycles. The van der Waals surface area contributed by atoms with Crippen molar-refractivity contribution in [2.75, 3.05) is 18.9 Å². The maximum atomic E-state index is 12.1. The zero-order valence-corrected chi connectivity index (χ0v) is 17.6. The van der Waals surface area contributed by atoms with E-state index in [9.17, 15) is 14.7 Å². The highest BCUT2D eigenvalue weighted by molar-refractivity contribution is 8.00. The third kappa shape index (κ3) is 5.32. The molecule has 0 fully saturated rings. The number of carbonyl (C=O) groups excluding carboxylic acids is 1. The zero-order valence-electron chi connectivity index (χ0n) is 16.8. The van der Waals surface area contributed by atoms with Crippen molar-refractivity contribution in [3.8, 4) is 11.1 Å². The Morgan fingerprint density at radius 2 is 1.66 bits per heavy atom. The molecular weight excluding hydrogens is 386 g/mol. The van der Waals surface area contributed by atoms with Crippen LogP contribution >= 0.6 is 11.8 Å². The quantitative estimate of drug-likeness (QED) is 0.580. The minimum absolute atomic E-state index is 0.0324. The van der Waals surface area contributed by atoms with Crippen molar-refractivity contribution in [2.24, 2.45) is 5.92 Å². The van der Waals surface area contributed by atoms with Gasteiger partial charge in [-0.05, 0) is 34.6 Å². The molecule has 1 amide bonds. The van der Waals surface area contributed by atoms with Crippen LogP contribution in [0.2, 0.25) is 0 Å². The fourth-order valence-corrected chi connectivity index (χ4v) is 4.84. The van der Waals surface area contributed by atoms with E-state index in [4.69, 9.17) is 4.74 Å². The summed E-state index contributed by atoms with van der Waals surface area (Å²) >= 11 is 1.35. The summed E-state index contributed by atoms with van der Waals surface area (Å²) in [6.07, 6.45) is 0.147.